The SMILES string of the molecule is C[C@@H]1OC(=O)N(C(=O)NCC2(O)CN(C3CCC(c4ccccc4C#N)CC3)C2)[C@H]1c1ccc(F)c(F)c1. The number of hydrogen-bond donors (Lipinski definition) is 2. The van der Waals surface area contributed by atoms with E-state index in [1.54, 1.807) is 6.92 Å². The van der Waals surface area contributed by atoms with Gasteiger partial charge in [0.15, 0.2) is 11.6 Å². The van der Waals surface area contributed by atoms with Crippen molar-refractivity contribution in [3.05, 3.63) is 70.8 Å². The third-order valence-corrected chi connectivity index (χ3v) is 8.01. The van der Waals surface area contributed by atoms with E-state index < -0.39 is 41.5 Å². The number of nitrogens with zero attached hydrogens (tertiary/aromatic N) is 3. The van der Waals surface area contributed by atoms with Crippen molar-refractivity contribution >= 4 is 12.1 Å². The Labute approximate surface area is 219 Å². The molecule has 2 N–H and O–H groups in total. The molecular formula is C28H30F2N4O4. The summed E-state index contributed by atoms with van der Waals surface area (Å²) in [5.74, 6) is -1.76. The van der Waals surface area contributed by atoms with E-state index in [1.807, 2.05) is 24.3 Å². The number of halogens is 2. The molecule has 1 saturated carbocycles. The van der Waals surface area contributed by atoms with E-state index >= 15 is 0 Å². The summed E-state index contributed by atoms with van der Waals surface area (Å²) < 4.78 is 32.4. The topological polar surface area (TPSA) is 106 Å². The molecule has 2 saturated heterocycles. The minimum absolute atomic E-state index is 0.0596. The van der Waals surface area contributed by atoms with E-state index in [0.29, 0.717) is 25.0 Å². The van der Waals surface area contributed by atoms with Gasteiger partial charge in [-0.2, -0.15) is 5.26 Å². The summed E-state index contributed by atoms with van der Waals surface area (Å²) in [6.07, 6.45) is 2.21. The number of amides is 3. The second kappa shape index (κ2) is 10.3. The number of nitriles is 1. The van der Waals surface area contributed by atoms with Crippen LogP contribution in [0, 0.1) is 23.0 Å². The van der Waals surface area contributed by atoms with Crippen molar-refractivity contribution < 1.29 is 28.2 Å². The van der Waals surface area contributed by atoms with Crippen LogP contribution in [0.2, 0.25) is 0 Å². The van der Waals surface area contributed by atoms with Crippen LogP contribution in [0.5, 0.6) is 0 Å². The predicted molar refractivity (Wildman–Crippen MR) is 133 cm³/mol. The average Bonchev–Trinajstić information content (AvgIpc) is 3.20. The number of imide groups is 1. The molecule has 0 bridgehead atoms. The average molecular weight is 525 g/mol. The highest BCUT2D eigenvalue weighted by Crippen LogP contribution is 2.39. The molecule has 3 fully saturated rings. The molecule has 3 aliphatic rings. The van der Waals surface area contributed by atoms with Crippen molar-refractivity contribution in [2.75, 3.05) is 19.6 Å². The normalized spacial score (nSPS) is 26.8. The Morgan fingerprint density at radius 2 is 1.87 bits per heavy atom. The van der Waals surface area contributed by atoms with E-state index in [9.17, 15) is 28.7 Å². The molecule has 0 radical (unpaired) electrons. The summed E-state index contributed by atoms with van der Waals surface area (Å²) in [6.45, 7) is 2.30. The Bertz CT molecular complexity index is 1270. The quantitative estimate of drug-likeness (QED) is 0.607. The molecule has 5 rings (SSSR count). The molecule has 38 heavy (non-hydrogen) atoms. The highest BCUT2D eigenvalue weighted by molar-refractivity contribution is 5.93. The fourth-order valence-electron chi connectivity index (χ4n) is 6.04. The Morgan fingerprint density at radius 1 is 1.16 bits per heavy atom. The van der Waals surface area contributed by atoms with Crippen LogP contribution in [0.1, 0.15) is 61.3 Å². The molecule has 1 aliphatic carbocycles. The van der Waals surface area contributed by atoms with Crippen LogP contribution >= 0.6 is 0 Å². The summed E-state index contributed by atoms with van der Waals surface area (Å²) in [6, 6.07) is 11.8. The van der Waals surface area contributed by atoms with Crippen LogP contribution in [-0.2, 0) is 4.74 Å². The number of benzene rings is 2. The zero-order chi connectivity index (χ0) is 27.0. The van der Waals surface area contributed by atoms with Gasteiger partial charge in [-0.1, -0.05) is 24.3 Å². The van der Waals surface area contributed by atoms with Crippen molar-refractivity contribution in [2.45, 2.75) is 62.3 Å². The number of β-amino-alcohol motifs (C(OH)–C–C–N with tert-alkyl or cyclic N) is 1. The van der Waals surface area contributed by atoms with E-state index in [0.717, 1.165) is 53.8 Å². The molecule has 10 heteroatoms. The van der Waals surface area contributed by atoms with Gasteiger partial charge in [-0.05, 0) is 67.9 Å². The van der Waals surface area contributed by atoms with Gasteiger partial charge < -0.3 is 15.2 Å². The first-order valence-corrected chi connectivity index (χ1v) is 12.9. The highest BCUT2D eigenvalue weighted by atomic mass is 19.2. The lowest BCUT2D eigenvalue weighted by atomic mass is 9.78. The first kappa shape index (κ1) is 26.1. The first-order chi connectivity index (χ1) is 18.2. The van der Waals surface area contributed by atoms with E-state index in [4.69, 9.17) is 4.74 Å². The molecule has 2 aromatic carbocycles. The van der Waals surface area contributed by atoms with Crippen molar-refractivity contribution in [1.29, 1.82) is 5.26 Å². The number of nitrogens with one attached hydrogen (secondary N) is 1. The van der Waals surface area contributed by atoms with Crippen LogP contribution in [0.3, 0.4) is 0 Å². The van der Waals surface area contributed by atoms with Gasteiger partial charge in [0.1, 0.15) is 17.7 Å². The lowest BCUT2D eigenvalue weighted by molar-refractivity contribution is -0.116. The minimum atomic E-state index is -1.13. The molecule has 2 heterocycles. The number of ether oxygens (including phenoxy) is 1. The van der Waals surface area contributed by atoms with Gasteiger partial charge in [-0.3, -0.25) is 4.90 Å². The first-order valence-electron chi connectivity index (χ1n) is 12.9. The van der Waals surface area contributed by atoms with E-state index in [2.05, 4.69) is 16.3 Å². The largest absolute Gasteiger partial charge is 0.443 e. The molecule has 0 unspecified atom stereocenters. The summed E-state index contributed by atoms with van der Waals surface area (Å²) in [5, 5.41) is 23.0. The maximum atomic E-state index is 13.8. The van der Waals surface area contributed by atoms with Crippen LogP contribution < -0.4 is 5.32 Å². The zero-order valence-electron chi connectivity index (χ0n) is 21.1. The molecule has 200 valence electrons. The third kappa shape index (κ3) is 4.96. The van der Waals surface area contributed by atoms with Crippen molar-refractivity contribution in [2.24, 2.45) is 0 Å². The number of carbonyl (C=O) groups is 2. The van der Waals surface area contributed by atoms with Crippen molar-refractivity contribution in [3.8, 4) is 6.07 Å². The second-order valence-corrected chi connectivity index (χ2v) is 10.6. The molecular weight excluding hydrogens is 494 g/mol. The Kier molecular flexibility index (Phi) is 7.07. The standard InChI is InChI=1S/C28H30F2N4O4/c1-17-25(19-8-11-23(29)24(30)12-19)34(27(36)38-17)26(35)32-14-28(37)15-33(16-28)21-9-6-18(7-10-21)22-5-3-2-4-20(22)13-31/h2-5,8,11-12,17-18,21,25,37H,6-7,9-10,14-16H2,1H3,(H,32,35)/t17-,18?,21?,25+/m0/s1. The van der Waals surface area contributed by atoms with Gasteiger partial charge in [-0.15, -0.1) is 0 Å². The van der Waals surface area contributed by atoms with Crippen LogP contribution in [0.15, 0.2) is 42.5 Å². The Hall–Kier alpha value is -3.55. The number of hydrogen-bond acceptors (Lipinski definition) is 6. The van der Waals surface area contributed by atoms with Gasteiger partial charge >= 0.3 is 12.1 Å². The molecule has 0 spiro atoms. The molecule has 8 nitrogen and oxygen atoms in total. The van der Waals surface area contributed by atoms with Gasteiger partial charge in [0, 0.05) is 19.1 Å². The molecule has 3 amide bonds. The highest BCUT2D eigenvalue weighted by Gasteiger charge is 2.48. The molecule has 0 aromatic heterocycles. The van der Waals surface area contributed by atoms with E-state index in [1.165, 1.54) is 6.07 Å². The van der Waals surface area contributed by atoms with Gasteiger partial charge in [-0.25, -0.2) is 23.3 Å². The van der Waals surface area contributed by atoms with Crippen LogP contribution in [-0.4, -0.2) is 64.4 Å². The number of cyclic esters (lactones) is 1. The number of aliphatic hydroxyl groups is 1. The minimum Gasteiger partial charge on any atom is -0.443 e. The summed E-state index contributed by atoms with van der Waals surface area (Å²) in [7, 11) is 0. The Morgan fingerprint density at radius 3 is 2.55 bits per heavy atom. The second-order valence-electron chi connectivity index (χ2n) is 10.6. The maximum absolute atomic E-state index is 13.8. The number of rotatable bonds is 5. The van der Waals surface area contributed by atoms with E-state index in [-0.39, 0.29) is 12.1 Å². The molecule has 2 atom stereocenters. The Balaban J connectivity index is 1.14. The summed E-state index contributed by atoms with van der Waals surface area (Å²) >= 11 is 0. The fraction of sp³-hybridized carbons (Fsp3) is 0.464. The van der Waals surface area contributed by atoms with Crippen molar-refractivity contribution in [1.82, 2.24) is 15.1 Å². The lowest BCUT2D eigenvalue weighted by Crippen LogP contribution is -2.69. The third-order valence-electron chi connectivity index (χ3n) is 8.01. The van der Waals surface area contributed by atoms with Crippen molar-refractivity contribution in [3.63, 3.8) is 0 Å². The van der Waals surface area contributed by atoms with Gasteiger partial charge in [0.05, 0.1) is 18.2 Å². The summed E-state index contributed by atoms with van der Waals surface area (Å²) in [4.78, 5) is 28.4. The fourth-order valence-corrected chi connectivity index (χ4v) is 6.04. The zero-order valence-corrected chi connectivity index (χ0v) is 21.1. The lowest BCUT2D eigenvalue weighted by Gasteiger charge is -2.51. The number of urea groups is 1. The van der Waals surface area contributed by atoms with Gasteiger partial charge in [0.25, 0.3) is 0 Å². The molecule has 2 aromatic rings. The number of carbonyl (C=O) groups excluding carboxylic acids is 2. The van der Waals surface area contributed by atoms with Crippen LogP contribution in [0.4, 0.5) is 18.4 Å². The van der Waals surface area contributed by atoms with Gasteiger partial charge in [0.2, 0.25) is 0 Å². The smallest absolute Gasteiger partial charge is 0.419 e. The maximum Gasteiger partial charge on any atom is 0.419 e. The monoisotopic (exact) mass is 524 g/mol. The summed E-state index contributed by atoms with van der Waals surface area (Å²) in [5.41, 5.74) is 0.937. The van der Waals surface area contributed by atoms with Crippen LogP contribution in [0.25, 0.3) is 0 Å². The predicted octanol–water partition coefficient (Wildman–Crippen LogP) is 4.20. The molecule has 2 aliphatic heterocycles. The number of likely N-dealkylation sites (tertiary alicyclic amines) is 1.